The number of rotatable bonds is 4. The average molecular weight is 478 g/mol. The Kier molecular flexibility index (Phi) is 6.50. The molecule has 1 amide bonds. The Labute approximate surface area is 184 Å². The highest BCUT2D eigenvalue weighted by Crippen LogP contribution is 2.38. The van der Waals surface area contributed by atoms with Gasteiger partial charge in [0, 0.05) is 6.07 Å². The van der Waals surface area contributed by atoms with Crippen LogP contribution in [0.15, 0.2) is 40.9 Å². The Morgan fingerprint density at radius 3 is 2.63 bits per heavy atom. The van der Waals surface area contributed by atoms with Gasteiger partial charge in [-0.15, -0.1) is 0 Å². The van der Waals surface area contributed by atoms with Gasteiger partial charge in [-0.2, -0.15) is 0 Å². The van der Waals surface area contributed by atoms with E-state index in [1.807, 2.05) is 6.07 Å². The molecule has 0 aromatic heterocycles. The Hall–Kier alpha value is -2.41. The Morgan fingerprint density at radius 2 is 2.00 bits per heavy atom. The molecular weight excluding hydrogens is 453 g/mol. The first-order chi connectivity index (χ1) is 14.1. The molecule has 0 N–H and O–H groups in total. The van der Waals surface area contributed by atoms with Gasteiger partial charge < -0.3 is 14.4 Å². The van der Waals surface area contributed by atoms with Gasteiger partial charge in [-0.1, -0.05) is 12.1 Å². The number of fused-ring (bicyclic) bond motifs is 1. The summed E-state index contributed by atoms with van der Waals surface area (Å²) >= 11 is 3.49. The summed E-state index contributed by atoms with van der Waals surface area (Å²) in [6.07, 6.45) is 0.854. The summed E-state index contributed by atoms with van der Waals surface area (Å²) in [5.41, 5.74) is 1.48. The van der Waals surface area contributed by atoms with Crippen molar-refractivity contribution in [1.82, 2.24) is 0 Å². The largest absolute Gasteiger partial charge is 0.495 e. The molecule has 2 aromatic carbocycles. The maximum absolute atomic E-state index is 13.8. The lowest BCUT2D eigenvalue weighted by molar-refractivity contribution is -0.162. The molecule has 2 aromatic rings. The van der Waals surface area contributed by atoms with Gasteiger partial charge in [-0.3, -0.25) is 9.59 Å². The highest BCUT2D eigenvalue weighted by Gasteiger charge is 2.38. The number of methoxy groups -OCH3 is 1. The van der Waals surface area contributed by atoms with E-state index in [0.29, 0.717) is 29.8 Å². The summed E-state index contributed by atoms with van der Waals surface area (Å²) in [6, 6.07) is 9.76. The zero-order chi connectivity index (χ0) is 22.1. The first-order valence-electron chi connectivity index (χ1n) is 9.74. The molecule has 0 bridgehead atoms. The smallest absolute Gasteiger partial charge is 0.319 e. The molecule has 1 atom stereocenters. The number of carbonyl (C=O) groups excluding carboxylic acids is 2. The summed E-state index contributed by atoms with van der Waals surface area (Å²) in [4.78, 5) is 27.8. The fourth-order valence-corrected chi connectivity index (χ4v) is 4.05. The zero-order valence-electron chi connectivity index (χ0n) is 17.5. The van der Waals surface area contributed by atoms with Crippen LogP contribution in [0, 0.1) is 11.7 Å². The third-order valence-electron chi connectivity index (χ3n) is 4.83. The molecule has 1 aliphatic heterocycles. The number of carbonyl (C=O) groups is 2. The van der Waals surface area contributed by atoms with E-state index < -0.39 is 17.5 Å². The third-order valence-corrected chi connectivity index (χ3v) is 5.45. The monoisotopic (exact) mass is 477 g/mol. The molecule has 30 heavy (non-hydrogen) atoms. The van der Waals surface area contributed by atoms with Crippen molar-refractivity contribution in [3.63, 3.8) is 0 Å². The van der Waals surface area contributed by atoms with Gasteiger partial charge in [0.05, 0.1) is 23.8 Å². The van der Waals surface area contributed by atoms with Gasteiger partial charge in [0.2, 0.25) is 5.91 Å². The number of hydrogen-bond donors (Lipinski definition) is 0. The molecule has 1 aliphatic rings. The molecular formula is C23H25BrFNO4. The maximum atomic E-state index is 13.8. The molecule has 0 radical (unpaired) electrons. The summed E-state index contributed by atoms with van der Waals surface area (Å²) in [6.45, 7) is 5.45. The molecule has 0 aliphatic carbocycles. The van der Waals surface area contributed by atoms with Gasteiger partial charge >= 0.3 is 5.97 Å². The van der Waals surface area contributed by atoms with Crippen molar-refractivity contribution < 1.29 is 23.5 Å². The van der Waals surface area contributed by atoms with Crippen molar-refractivity contribution in [3.05, 3.63) is 57.8 Å². The minimum absolute atomic E-state index is 0.133. The molecule has 5 nitrogen and oxygen atoms in total. The lowest BCUT2D eigenvalue weighted by atomic mass is 10.00. The fraction of sp³-hybridized carbons (Fsp3) is 0.391. The Bertz CT molecular complexity index is 970. The highest BCUT2D eigenvalue weighted by molar-refractivity contribution is 9.10. The molecule has 0 saturated carbocycles. The van der Waals surface area contributed by atoms with Crippen molar-refractivity contribution in [3.8, 4) is 5.75 Å². The van der Waals surface area contributed by atoms with Crippen LogP contribution in [0.2, 0.25) is 0 Å². The number of hydrogen-bond acceptors (Lipinski definition) is 4. The van der Waals surface area contributed by atoms with Gasteiger partial charge in [0.1, 0.15) is 23.1 Å². The highest BCUT2D eigenvalue weighted by atomic mass is 79.9. The number of nitrogens with zero attached hydrogens (tertiary/aromatic N) is 1. The second-order valence-corrected chi connectivity index (χ2v) is 9.15. The topological polar surface area (TPSA) is 55.8 Å². The SMILES string of the molecule is COc1cc2c(cc1Br)CC[C@H](C(=O)OC(C)(C)C)C(=O)N2Cc1cccc(F)c1. The lowest BCUT2D eigenvalue weighted by Gasteiger charge is -2.28. The van der Waals surface area contributed by atoms with E-state index in [2.05, 4.69) is 15.9 Å². The van der Waals surface area contributed by atoms with Gasteiger partial charge in [0.15, 0.2) is 0 Å². The molecule has 0 spiro atoms. The minimum Gasteiger partial charge on any atom is -0.495 e. The van der Waals surface area contributed by atoms with Crippen LogP contribution in [-0.2, 0) is 27.3 Å². The van der Waals surface area contributed by atoms with Crippen molar-refractivity contribution in [2.45, 2.75) is 45.8 Å². The van der Waals surface area contributed by atoms with Crippen LogP contribution >= 0.6 is 15.9 Å². The van der Waals surface area contributed by atoms with Crippen LogP contribution in [0.3, 0.4) is 0 Å². The first-order valence-corrected chi connectivity index (χ1v) is 10.5. The summed E-state index contributed by atoms with van der Waals surface area (Å²) in [7, 11) is 1.55. The van der Waals surface area contributed by atoms with Crippen molar-refractivity contribution >= 4 is 33.5 Å². The van der Waals surface area contributed by atoms with Gasteiger partial charge in [-0.25, -0.2) is 4.39 Å². The molecule has 1 heterocycles. The Morgan fingerprint density at radius 1 is 1.27 bits per heavy atom. The number of halogens is 2. The third kappa shape index (κ3) is 5.01. The normalized spacial score (nSPS) is 16.7. The van der Waals surface area contributed by atoms with E-state index in [9.17, 15) is 14.0 Å². The van der Waals surface area contributed by atoms with Crippen LogP contribution in [0.25, 0.3) is 0 Å². The Balaban J connectivity index is 2.05. The summed E-state index contributed by atoms with van der Waals surface area (Å²) in [5, 5.41) is 0. The average Bonchev–Trinajstić information content (AvgIpc) is 2.77. The van der Waals surface area contributed by atoms with Crippen molar-refractivity contribution in [1.29, 1.82) is 0 Å². The first kappa shape index (κ1) is 22.3. The second-order valence-electron chi connectivity index (χ2n) is 8.29. The predicted molar refractivity (Wildman–Crippen MR) is 116 cm³/mol. The lowest BCUT2D eigenvalue weighted by Crippen LogP contribution is -2.41. The number of amides is 1. The van der Waals surface area contributed by atoms with E-state index in [-0.39, 0.29) is 18.3 Å². The second kappa shape index (κ2) is 8.76. The van der Waals surface area contributed by atoms with Crippen LogP contribution < -0.4 is 9.64 Å². The quantitative estimate of drug-likeness (QED) is 0.457. The summed E-state index contributed by atoms with van der Waals surface area (Å²) < 4.78 is 25.4. The molecule has 3 rings (SSSR count). The number of anilines is 1. The number of benzene rings is 2. The fourth-order valence-electron chi connectivity index (χ4n) is 3.49. The zero-order valence-corrected chi connectivity index (χ0v) is 19.1. The van der Waals surface area contributed by atoms with E-state index >= 15 is 0 Å². The van der Waals surface area contributed by atoms with Crippen LogP contribution in [-0.4, -0.2) is 24.6 Å². The molecule has 0 fully saturated rings. The van der Waals surface area contributed by atoms with E-state index in [4.69, 9.17) is 9.47 Å². The van der Waals surface area contributed by atoms with Crippen LogP contribution in [0.4, 0.5) is 10.1 Å². The van der Waals surface area contributed by atoms with Crippen LogP contribution in [0.5, 0.6) is 5.75 Å². The van der Waals surface area contributed by atoms with Gasteiger partial charge in [-0.05, 0) is 78.9 Å². The maximum Gasteiger partial charge on any atom is 0.319 e. The molecule has 7 heteroatoms. The van der Waals surface area contributed by atoms with Crippen LogP contribution in [0.1, 0.15) is 38.3 Å². The number of aryl methyl sites for hydroxylation is 1. The van der Waals surface area contributed by atoms with E-state index in [1.165, 1.54) is 17.0 Å². The minimum atomic E-state index is -0.935. The van der Waals surface area contributed by atoms with Crippen molar-refractivity contribution in [2.24, 2.45) is 5.92 Å². The van der Waals surface area contributed by atoms with Crippen molar-refractivity contribution in [2.75, 3.05) is 12.0 Å². The predicted octanol–water partition coefficient (Wildman–Crippen LogP) is 5.03. The number of ether oxygens (including phenoxy) is 2. The van der Waals surface area contributed by atoms with E-state index in [1.54, 1.807) is 46.1 Å². The molecule has 160 valence electrons. The summed E-state index contributed by atoms with van der Waals surface area (Å²) in [5.74, 6) is -1.66. The van der Waals surface area contributed by atoms with E-state index in [0.717, 1.165) is 10.0 Å². The standard InChI is InChI=1S/C23H25BrFNO4/c1-23(2,3)30-22(28)17-9-8-15-11-18(24)20(29-4)12-19(15)26(21(17)27)13-14-6-5-7-16(25)10-14/h5-7,10-12,17H,8-9,13H2,1-4H3/t17-/m0/s1. The molecule has 0 saturated heterocycles. The molecule has 0 unspecified atom stereocenters. The van der Waals surface area contributed by atoms with Gasteiger partial charge in [0.25, 0.3) is 0 Å². The number of esters is 1.